The molecule has 0 aliphatic carbocycles. The zero-order chi connectivity index (χ0) is 7.61. The van der Waals surface area contributed by atoms with Crippen molar-refractivity contribution < 1.29 is 0 Å². The Labute approximate surface area is 62.8 Å². The number of hydrogen-bond donors (Lipinski definition) is 1. The summed E-state index contributed by atoms with van der Waals surface area (Å²) in [6, 6.07) is 0.484. The largest absolute Gasteiger partial charge is 0.384 e. The Hall–Kier alpha value is -0.720. The highest BCUT2D eigenvalue weighted by Crippen LogP contribution is 2.21. The van der Waals surface area contributed by atoms with Gasteiger partial charge < -0.3 is 5.32 Å². The third kappa shape index (κ3) is 1.63. The van der Waals surface area contributed by atoms with Gasteiger partial charge in [-0.05, 0) is 17.7 Å². The first-order valence-corrected chi connectivity index (χ1v) is 3.70. The highest BCUT2D eigenvalue weighted by molar-refractivity contribution is 5.14. The van der Waals surface area contributed by atoms with Crippen LogP contribution in [0.25, 0.3) is 0 Å². The average Bonchev–Trinajstić information content (AvgIpc) is 1.88. The zero-order valence-corrected chi connectivity index (χ0v) is 6.89. The quantitative estimate of drug-likeness (QED) is 0.539. The van der Waals surface area contributed by atoms with Crippen LogP contribution in [0, 0.1) is 5.41 Å². The summed E-state index contributed by atoms with van der Waals surface area (Å²) in [7, 11) is 0. The van der Waals surface area contributed by atoms with E-state index in [0.29, 0.717) is 11.5 Å². The van der Waals surface area contributed by atoms with Crippen LogP contribution in [0.5, 0.6) is 0 Å². The van der Waals surface area contributed by atoms with Crippen molar-refractivity contribution in [3.8, 4) is 0 Å². The molecule has 0 aromatic carbocycles. The molecule has 1 atom stereocenters. The number of nitrogens with one attached hydrogen (secondary N) is 1. The second-order valence-electron chi connectivity index (χ2n) is 3.75. The number of rotatable bonds is 0. The van der Waals surface area contributed by atoms with Crippen LogP contribution < -0.4 is 5.32 Å². The fourth-order valence-electron chi connectivity index (χ4n) is 0.984. The van der Waals surface area contributed by atoms with Crippen LogP contribution in [-0.4, -0.2) is 6.04 Å². The molecule has 1 heteroatoms. The van der Waals surface area contributed by atoms with Gasteiger partial charge in [0.05, 0.1) is 0 Å². The van der Waals surface area contributed by atoms with E-state index in [-0.39, 0.29) is 0 Å². The molecule has 0 spiro atoms. The molecule has 0 aromatic heterocycles. The lowest BCUT2D eigenvalue weighted by Gasteiger charge is -2.29. The number of hydrogen-bond acceptors (Lipinski definition) is 1. The van der Waals surface area contributed by atoms with Crippen molar-refractivity contribution >= 4 is 0 Å². The van der Waals surface area contributed by atoms with Crippen molar-refractivity contribution in [2.24, 2.45) is 5.41 Å². The fourth-order valence-corrected chi connectivity index (χ4v) is 0.984. The molecule has 0 aromatic rings. The summed E-state index contributed by atoms with van der Waals surface area (Å²) in [4.78, 5) is 0. The van der Waals surface area contributed by atoms with Crippen LogP contribution >= 0.6 is 0 Å². The van der Waals surface area contributed by atoms with E-state index in [2.05, 4.69) is 38.2 Å². The Morgan fingerprint density at radius 1 is 1.20 bits per heavy atom. The minimum atomic E-state index is 0.321. The van der Waals surface area contributed by atoms with E-state index in [1.54, 1.807) is 0 Å². The van der Waals surface area contributed by atoms with Crippen LogP contribution in [0.3, 0.4) is 0 Å². The lowest BCUT2D eigenvalue weighted by molar-refractivity contribution is 0.334. The summed E-state index contributed by atoms with van der Waals surface area (Å²) >= 11 is 0. The van der Waals surface area contributed by atoms with E-state index in [4.69, 9.17) is 0 Å². The van der Waals surface area contributed by atoms with E-state index in [1.807, 2.05) is 12.3 Å². The van der Waals surface area contributed by atoms with Gasteiger partial charge in [0.1, 0.15) is 0 Å². The molecule has 0 saturated carbocycles. The molecule has 0 amide bonds. The van der Waals surface area contributed by atoms with Crippen LogP contribution in [0.15, 0.2) is 24.4 Å². The lowest BCUT2D eigenvalue weighted by Crippen LogP contribution is -2.36. The maximum atomic E-state index is 3.29. The van der Waals surface area contributed by atoms with Crippen molar-refractivity contribution in [3.05, 3.63) is 24.4 Å². The van der Waals surface area contributed by atoms with Crippen molar-refractivity contribution in [1.29, 1.82) is 0 Å². The molecule has 1 N–H and O–H groups in total. The second kappa shape index (κ2) is 2.49. The van der Waals surface area contributed by atoms with Gasteiger partial charge in [-0.2, -0.15) is 0 Å². The molecule has 1 nitrogen and oxygen atoms in total. The Morgan fingerprint density at radius 3 is 2.20 bits per heavy atom. The summed E-state index contributed by atoms with van der Waals surface area (Å²) in [6.45, 7) is 6.69. The van der Waals surface area contributed by atoms with Gasteiger partial charge in [-0.25, -0.2) is 0 Å². The molecule has 56 valence electrons. The standard InChI is InChI=1S/C9H15N/c1-9(2,3)8-6-4-5-7-10-8/h4-8,10H,1-3H3/t8-/m0/s1. The first kappa shape index (κ1) is 7.39. The molecule has 0 fully saturated rings. The monoisotopic (exact) mass is 137 g/mol. The average molecular weight is 137 g/mol. The Morgan fingerprint density at radius 2 is 1.90 bits per heavy atom. The highest BCUT2D eigenvalue weighted by atomic mass is 14.9. The smallest absolute Gasteiger partial charge is 0.0490 e. The van der Waals surface area contributed by atoms with Gasteiger partial charge >= 0.3 is 0 Å². The summed E-state index contributed by atoms with van der Waals surface area (Å²) in [6.07, 6.45) is 8.30. The Kier molecular flexibility index (Phi) is 1.84. The van der Waals surface area contributed by atoms with Gasteiger partial charge in [0.15, 0.2) is 0 Å². The van der Waals surface area contributed by atoms with E-state index < -0.39 is 0 Å². The van der Waals surface area contributed by atoms with Crippen molar-refractivity contribution in [2.45, 2.75) is 26.8 Å². The van der Waals surface area contributed by atoms with Gasteiger partial charge in [-0.3, -0.25) is 0 Å². The molecule has 1 aliphatic rings. The maximum absolute atomic E-state index is 3.29. The van der Waals surface area contributed by atoms with E-state index in [1.165, 1.54) is 0 Å². The van der Waals surface area contributed by atoms with E-state index >= 15 is 0 Å². The molecule has 0 unspecified atom stereocenters. The molecule has 0 radical (unpaired) electrons. The summed E-state index contributed by atoms with van der Waals surface area (Å²) in [5.41, 5.74) is 0.321. The SMILES string of the molecule is CC(C)(C)[C@@H]1C=CC=CN1. The maximum Gasteiger partial charge on any atom is 0.0490 e. The van der Waals surface area contributed by atoms with E-state index in [9.17, 15) is 0 Å². The third-order valence-corrected chi connectivity index (χ3v) is 1.72. The van der Waals surface area contributed by atoms with Crippen LogP contribution in [0.2, 0.25) is 0 Å². The minimum Gasteiger partial charge on any atom is -0.384 e. The first-order chi connectivity index (χ1) is 4.61. The number of dihydropyridines is 1. The van der Waals surface area contributed by atoms with Gasteiger partial charge in [-0.15, -0.1) is 0 Å². The van der Waals surface area contributed by atoms with Gasteiger partial charge in [0.25, 0.3) is 0 Å². The Bertz CT molecular complexity index is 160. The molecule has 1 rings (SSSR count). The predicted molar refractivity (Wildman–Crippen MR) is 44.7 cm³/mol. The van der Waals surface area contributed by atoms with Gasteiger partial charge in [0, 0.05) is 6.04 Å². The highest BCUT2D eigenvalue weighted by Gasteiger charge is 2.20. The van der Waals surface area contributed by atoms with Crippen LogP contribution in [0.1, 0.15) is 20.8 Å². The second-order valence-corrected chi connectivity index (χ2v) is 3.75. The summed E-state index contributed by atoms with van der Waals surface area (Å²) in [5, 5.41) is 3.29. The Balaban J connectivity index is 2.60. The van der Waals surface area contributed by atoms with E-state index in [0.717, 1.165) is 0 Å². The van der Waals surface area contributed by atoms with Gasteiger partial charge in [0.2, 0.25) is 0 Å². The molecular weight excluding hydrogens is 122 g/mol. The van der Waals surface area contributed by atoms with Crippen molar-refractivity contribution in [3.63, 3.8) is 0 Å². The topological polar surface area (TPSA) is 12.0 Å². The van der Waals surface area contributed by atoms with Crippen molar-refractivity contribution in [2.75, 3.05) is 0 Å². The first-order valence-electron chi connectivity index (χ1n) is 3.70. The van der Waals surface area contributed by atoms with Crippen LogP contribution in [-0.2, 0) is 0 Å². The summed E-state index contributed by atoms with van der Waals surface area (Å²) < 4.78 is 0. The predicted octanol–water partition coefficient (Wildman–Crippen LogP) is 2.07. The third-order valence-electron chi connectivity index (χ3n) is 1.72. The molecular formula is C9H15N. The minimum absolute atomic E-state index is 0.321. The van der Waals surface area contributed by atoms with Crippen molar-refractivity contribution in [1.82, 2.24) is 5.32 Å². The lowest BCUT2D eigenvalue weighted by atomic mass is 9.86. The fraction of sp³-hybridized carbons (Fsp3) is 0.556. The van der Waals surface area contributed by atoms with Crippen LogP contribution in [0.4, 0.5) is 0 Å². The normalized spacial score (nSPS) is 24.5. The molecule has 10 heavy (non-hydrogen) atoms. The number of allylic oxidation sites excluding steroid dienone is 2. The molecule has 0 bridgehead atoms. The molecule has 0 saturated heterocycles. The molecule has 1 aliphatic heterocycles. The van der Waals surface area contributed by atoms with Gasteiger partial charge in [-0.1, -0.05) is 32.9 Å². The summed E-state index contributed by atoms with van der Waals surface area (Å²) in [5.74, 6) is 0. The zero-order valence-electron chi connectivity index (χ0n) is 6.89. The molecule has 1 heterocycles.